The number of Topliss-reactive ketones (excluding diaryl/α,β-unsaturated/α-hetero) is 1. The standard InChI is InChI=1S/C15H19NO5/c1-3-15(2,13(18)19)12(17)9-16-14(20)21-10-11-7-5-4-6-8-11/h4-8H,3,9-10H2,1-2H3,(H,16,20)(H,18,19). The van der Waals surface area contributed by atoms with Gasteiger partial charge in [-0.05, 0) is 18.9 Å². The Kier molecular flexibility index (Phi) is 5.90. The maximum Gasteiger partial charge on any atom is 0.407 e. The monoisotopic (exact) mass is 293 g/mol. The summed E-state index contributed by atoms with van der Waals surface area (Å²) in [7, 11) is 0. The lowest BCUT2D eigenvalue weighted by Crippen LogP contribution is -2.42. The van der Waals surface area contributed by atoms with Crippen molar-refractivity contribution in [1.82, 2.24) is 5.32 Å². The highest BCUT2D eigenvalue weighted by Gasteiger charge is 2.38. The van der Waals surface area contributed by atoms with Gasteiger partial charge in [-0.15, -0.1) is 0 Å². The average Bonchev–Trinajstić information content (AvgIpc) is 2.50. The Morgan fingerprint density at radius 1 is 1.24 bits per heavy atom. The molecule has 0 fully saturated rings. The van der Waals surface area contributed by atoms with Crippen molar-refractivity contribution >= 4 is 17.8 Å². The smallest absolute Gasteiger partial charge is 0.407 e. The molecular formula is C15H19NO5. The summed E-state index contributed by atoms with van der Waals surface area (Å²) in [6.45, 7) is 2.67. The number of carbonyl (C=O) groups is 3. The van der Waals surface area contributed by atoms with Crippen LogP contribution in [0.5, 0.6) is 0 Å². The van der Waals surface area contributed by atoms with Crippen molar-refractivity contribution in [1.29, 1.82) is 0 Å². The van der Waals surface area contributed by atoms with Crippen LogP contribution in [0.4, 0.5) is 4.79 Å². The number of ketones is 1. The van der Waals surface area contributed by atoms with E-state index in [2.05, 4.69) is 5.32 Å². The van der Waals surface area contributed by atoms with Crippen molar-refractivity contribution < 1.29 is 24.2 Å². The second kappa shape index (κ2) is 7.42. The number of hydrogen-bond donors (Lipinski definition) is 2. The Morgan fingerprint density at radius 3 is 2.38 bits per heavy atom. The number of aliphatic carboxylic acids is 1. The van der Waals surface area contributed by atoms with Crippen LogP contribution >= 0.6 is 0 Å². The molecule has 1 amide bonds. The molecule has 0 aliphatic carbocycles. The molecule has 0 heterocycles. The molecule has 1 aromatic rings. The molecule has 0 saturated heterocycles. The van der Waals surface area contributed by atoms with E-state index in [1.54, 1.807) is 19.1 Å². The summed E-state index contributed by atoms with van der Waals surface area (Å²) >= 11 is 0. The minimum absolute atomic E-state index is 0.0881. The SMILES string of the molecule is CCC(C)(C(=O)O)C(=O)CNC(=O)OCc1ccccc1. The summed E-state index contributed by atoms with van der Waals surface area (Å²) in [5.74, 6) is -1.76. The number of carbonyl (C=O) groups excluding carboxylic acids is 2. The third-order valence-electron chi connectivity index (χ3n) is 3.40. The zero-order valence-electron chi connectivity index (χ0n) is 12.1. The number of amides is 1. The molecule has 114 valence electrons. The van der Waals surface area contributed by atoms with E-state index >= 15 is 0 Å². The quantitative estimate of drug-likeness (QED) is 0.750. The molecule has 0 saturated carbocycles. The lowest BCUT2D eigenvalue weighted by atomic mass is 9.83. The summed E-state index contributed by atoms with van der Waals surface area (Å²) < 4.78 is 4.94. The number of ether oxygens (including phenoxy) is 1. The third-order valence-corrected chi connectivity index (χ3v) is 3.40. The van der Waals surface area contributed by atoms with Crippen molar-refractivity contribution in [2.24, 2.45) is 5.41 Å². The maximum atomic E-state index is 11.9. The molecule has 0 radical (unpaired) electrons. The van der Waals surface area contributed by atoms with Crippen LogP contribution in [-0.2, 0) is 20.9 Å². The van der Waals surface area contributed by atoms with Crippen LogP contribution in [-0.4, -0.2) is 29.5 Å². The molecule has 6 heteroatoms. The van der Waals surface area contributed by atoms with E-state index in [-0.39, 0.29) is 19.6 Å². The first kappa shape index (κ1) is 16.7. The van der Waals surface area contributed by atoms with E-state index in [1.165, 1.54) is 6.92 Å². The normalized spacial score (nSPS) is 13.0. The van der Waals surface area contributed by atoms with Crippen LogP contribution in [0.25, 0.3) is 0 Å². The molecule has 6 nitrogen and oxygen atoms in total. The number of alkyl carbamates (subject to hydrolysis) is 1. The Labute approximate surface area is 123 Å². The van der Waals surface area contributed by atoms with E-state index in [0.717, 1.165) is 5.56 Å². The van der Waals surface area contributed by atoms with Gasteiger partial charge in [-0.25, -0.2) is 4.79 Å². The molecule has 0 spiro atoms. The molecule has 1 aromatic carbocycles. The topological polar surface area (TPSA) is 92.7 Å². The first-order chi connectivity index (χ1) is 9.90. The number of benzene rings is 1. The first-order valence-electron chi connectivity index (χ1n) is 6.61. The van der Waals surface area contributed by atoms with Gasteiger partial charge in [0.2, 0.25) is 0 Å². The van der Waals surface area contributed by atoms with Gasteiger partial charge in [0.25, 0.3) is 0 Å². The Morgan fingerprint density at radius 2 is 1.86 bits per heavy atom. The highest BCUT2D eigenvalue weighted by Crippen LogP contribution is 2.22. The van der Waals surface area contributed by atoms with Crippen molar-refractivity contribution in [3.63, 3.8) is 0 Å². The Balaban J connectivity index is 2.42. The van der Waals surface area contributed by atoms with Gasteiger partial charge in [-0.1, -0.05) is 37.3 Å². The van der Waals surface area contributed by atoms with E-state index in [0.29, 0.717) is 0 Å². The molecule has 1 unspecified atom stereocenters. The minimum atomic E-state index is -1.49. The summed E-state index contributed by atoms with van der Waals surface area (Å²) in [4.78, 5) is 34.4. The van der Waals surface area contributed by atoms with Crippen molar-refractivity contribution in [3.8, 4) is 0 Å². The lowest BCUT2D eigenvalue weighted by molar-refractivity contribution is -0.153. The molecule has 0 bridgehead atoms. The van der Waals surface area contributed by atoms with Gasteiger partial charge in [-0.3, -0.25) is 9.59 Å². The van der Waals surface area contributed by atoms with Crippen molar-refractivity contribution in [2.75, 3.05) is 6.54 Å². The predicted octanol–water partition coefficient (Wildman–Crippen LogP) is 1.98. The number of nitrogens with one attached hydrogen (secondary N) is 1. The van der Waals surface area contributed by atoms with E-state index in [4.69, 9.17) is 9.84 Å². The van der Waals surface area contributed by atoms with Gasteiger partial charge in [0.15, 0.2) is 5.78 Å². The largest absolute Gasteiger partial charge is 0.481 e. The highest BCUT2D eigenvalue weighted by atomic mass is 16.5. The van der Waals surface area contributed by atoms with Crippen LogP contribution in [0.3, 0.4) is 0 Å². The summed E-state index contributed by atoms with van der Waals surface area (Å²) in [5, 5.41) is 11.3. The zero-order chi connectivity index (χ0) is 15.9. The average molecular weight is 293 g/mol. The van der Waals surface area contributed by atoms with Crippen LogP contribution in [0.15, 0.2) is 30.3 Å². The van der Waals surface area contributed by atoms with E-state index < -0.39 is 23.3 Å². The molecule has 1 rings (SSSR count). The molecule has 21 heavy (non-hydrogen) atoms. The van der Waals surface area contributed by atoms with E-state index in [1.807, 2.05) is 18.2 Å². The van der Waals surface area contributed by atoms with Gasteiger partial charge in [0.05, 0.1) is 6.54 Å². The number of carboxylic acids is 1. The van der Waals surface area contributed by atoms with E-state index in [9.17, 15) is 14.4 Å². The van der Waals surface area contributed by atoms with Crippen molar-refractivity contribution in [2.45, 2.75) is 26.9 Å². The lowest BCUT2D eigenvalue weighted by Gasteiger charge is -2.21. The maximum absolute atomic E-state index is 11.9. The molecule has 1 atom stereocenters. The molecule has 0 aromatic heterocycles. The summed E-state index contributed by atoms with van der Waals surface area (Å²) in [6, 6.07) is 9.09. The Hall–Kier alpha value is -2.37. The van der Waals surface area contributed by atoms with Gasteiger partial charge in [0, 0.05) is 0 Å². The zero-order valence-corrected chi connectivity index (χ0v) is 12.1. The summed E-state index contributed by atoms with van der Waals surface area (Å²) in [5.41, 5.74) is -0.671. The van der Waals surface area contributed by atoms with Crippen LogP contribution in [0.1, 0.15) is 25.8 Å². The second-order valence-corrected chi connectivity index (χ2v) is 4.83. The first-order valence-corrected chi connectivity index (χ1v) is 6.61. The number of carboxylic acid groups (broad SMARTS) is 1. The minimum Gasteiger partial charge on any atom is -0.481 e. The fraction of sp³-hybridized carbons (Fsp3) is 0.400. The second-order valence-electron chi connectivity index (χ2n) is 4.83. The fourth-order valence-electron chi connectivity index (χ4n) is 1.59. The van der Waals surface area contributed by atoms with Crippen LogP contribution in [0, 0.1) is 5.41 Å². The molecule has 2 N–H and O–H groups in total. The van der Waals surface area contributed by atoms with Crippen LogP contribution in [0.2, 0.25) is 0 Å². The van der Waals surface area contributed by atoms with Gasteiger partial charge in [-0.2, -0.15) is 0 Å². The van der Waals surface area contributed by atoms with Crippen LogP contribution < -0.4 is 5.32 Å². The van der Waals surface area contributed by atoms with Gasteiger partial charge in [0.1, 0.15) is 12.0 Å². The molecular weight excluding hydrogens is 274 g/mol. The number of rotatable bonds is 7. The van der Waals surface area contributed by atoms with Gasteiger partial charge < -0.3 is 15.2 Å². The van der Waals surface area contributed by atoms with Gasteiger partial charge >= 0.3 is 12.1 Å². The molecule has 0 aliphatic heterocycles. The number of hydrogen-bond acceptors (Lipinski definition) is 4. The third kappa shape index (κ3) is 4.59. The van der Waals surface area contributed by atoms with Crippen molar-refractivity contribution in [3.05, 3.63) is 35.9 Å². The summed E-state index contributed by atoms with van der Waals surface area (Å²) in [6.07, 6.45) is -0.599. The Bertz CT molecular complexity index is 514. The highest BCUT2D eigenvalue weighted by molar-refractivity contribution is 6.04. The molecule has 0 aliphatic rings. The predicted molar refractivity (Wildman–Crippen MR) is 75.7 cm³/mol. The fourth-order valence-corrected chi connectivity index (χ4v) is 1.59.